The van der Waals surface area contributed by atoms with Crippen molar-refractivity contribution in [1.82, 2.24) is 40.0 Å². The van der Waals surface area contributed by atoms with E-state index < -0.39 is 40.2 Å². The lowest BCUT2D eigenvalue weighted by molar-refractivity contribution is 0.0211. The molecule has 5 amide bonds. The number of thiazole rings is 4. The van der Waals surface area contributed by atoms with E-state index in [0.717, 1.165) is 83.8 Å². The van der Waals surface area contributed by atoms with E-state index in [1.807, 2.05) is 136 Å². The fourth-order valence-corrected chi connectivity index (χ4v) is 12.7. The summed E-state index contributed by atoms with van der Waals surface area (Å²) in [6.45, 7) is 35.0. The van der Waals surface area contributed by atoms with Crippen molar-refractivity contribution >= 4 is 121 Å². The number of rotatable bonds is 8. The van der Waals surface area contributed by atoms with Crippen LogP contribution < -0.4 is 25.8 Å². The van der Waals surface area contributed by atoms with Crippen LogP contribution in [0.1, 0.15) is 212 Å². The van der Waals surface area contributed by atoms with Crippen molar-refractivity contribution in [2.45, 2.75) is 221 Å². The lowest BCUT2D eigenvalue weighted by atomic mass is 10.1. The van der Waals surface area contributed by atoms with Gasteiger partial charge in [-0.05, 0) is 176 Å². The van der Waals surface area contributed by atoms with Gasteiger partial charge in [0.25, 0.3) is 0 Å². The van der Waals surface area contributed by atoms with Crippen LogP contribution in [0.15, 0.2) is 10.8 Å². The number of carbonyl (C=O) groups excluding carboxylic acids is 5. The predicted octanol–water partition coefficient (Wildman–Crippen LogP) is 15.5. The summed E-state index contributed by atoms with van der Waals surface area (Å²) in [6, 6.07) is 0.297. The van der Waals surface area contributed by atoms with E-state index in [9.17, 15) is 24.0 Å². The van der Waals surface area contributed by atoms with Crippen molar-refractivity contribution < 1.29 is 47.7 Å². The number of amides is 5. The molecule has 492 valence electrons. The van der Waals surface area contributed by atoms with Crippen molar-refractivity contribution in [2.24, 2.45) is 0 Å². The fourth-order valence-electron chi connectivity index (χ4n) is 9.37. The van der Waals surface area contributed by atoms with Crippen molar-refractivity contribution in [2.75, 3.05) is 74.8 Å². The molecule has 4 aliphatic rings. The van der Waals surface area contributed by atoms with Crippen molar-refractivity contribution in [3.05, 3.63) is 43.3 Å². The molecule has 0 aliphatic carbocycles. The van der Waals surface area contributed by atoms with Gasteiger partial charge in [0.2, 0.25) is 0 Å². The van der Waals surface area contributed by atoms with Gasteiger partial charge in [0.1, 0.15) is 28.0 Å². The Morgan fingerprint density at radius 1 is 0.506 bits per heavy atom. The predicted molar refractivity (Wildman–Crippen MR) is 356 cm³/mol. The van der Waals surface area contributed by atoms with Gasteiger partial charge >= 0.3 is 30.5 Å². The Hall–Kier alpha value is -4.99. The van der Waals surface area contributed by atoms with Crippen LogP contribution in [-0.4, -0.2) is 147 Å². The molecule has 22 nitrogen and oxygen atoms in total. The second-order valence-electron chi connectivity index (χ2n) is 26.3. The normalized spacial score (nSPS) is 18.5. The standard InChI is InChI=1S/C19H31N3O4S.C18H29N3O4S.C13H21N3O2S.C9H15N3S.2ClH/c1-12-14(13-10-9-11-22(13)17(24)26-19(5,6)7)20-15(27-12)21(8)16(23)25-18(2,3)4;1-17(2,3)24-15(22)20(7)14-19-12(11-26-14)13-9-8-10-21(13)16(23)25-18(4,5)6;1-13(2,3)18-12(17)16-7-5-6-10(16)9-8-19-11(14-4)15-9;1-6-8(7-4-3-5-11-7)12-9(10-2)13-6;;/h13H,9-11H2,1-8H3;11,13H,8-10H2,1-7H3;8,10H,5-7H2,1-4H3,(H,14,15);7,11H,3-5H2,1-2H3,(H,10,12);2*1H/t2*13-;10-;7-;;/m1111../s1. The zero-order chi connectivity index (χ0) is 63.6. The van der Waals surface area contributed by atoms with Crippen LogP contribution in [0.4, 0.5) is 44.5 Å². The van der Waals surface area contributed by atoms with E-state index in [1.54, 1.807) is 51.5 Å². The van der Waals surface area contributed by atoms with Gasteiger partial charge in [0.05, 0.1) is 46.9 Å². The van der Waals surface area contributed by atoms with Crippen LogP contribution in [0, 0.1) is 13.8 Å². The average Bonchev–Trinajstić information content (AvgIpc) is 3.83. The van der Waals surface area contributed by atoms with Crippen LogP contribution in [0.5, 0.6) is 0 Å². The summed E-state index contributed by atoms with van der Waals surface area (Å²) < 4.78 is 27.3. The SMILES string of the molecule is CN(C(=O)OC(C)(C)C)c1nc([C@H]2CCCN2C(=O)OC(C)(C)C)cs1.CNc1nc([C@H]2CCCN2)c(C)s1.CNc1nc([C@H]2CCCN2C(=O)OC(C)(C)C)cs1.Cc1sc(N(C)C(=O)OC(C)(C)C)nc1[C@H]1CCCN1C(=O)OC(C)(C)C.Cl.Cl. The zero-order valence-corrected chi connectivity index (χ0v) is 59.9. The summed E-state index contributed by atoms with van der Waals surface area (Å²) >= 11 is 6.09. The molecular weight excluding hydrogens is 1240 g/mol. The highest BCUT2D eigenvalue weighted by Gasteiger charge is 2.39. The molecule has 8 rings (SSSR count). The third-order valence-electron chi connectivity index (χ3n) is 13.1. The highest BCUT2D eigenvalue weighted by atomic mass is 35.5. The largest absolute Gasteiger partial charge is 0.444 e. The van der Waals surface area contributed by atoms with Gasteiger partial charge in [-0.2, -0.15) is 0 Å². The maximum absolute atomic E-state index is 12.6. The summed E-state index contributed by atoms with van der Waals surface area (Å²) in [4.78, 5) is 90.4. The molecule has 0 aromatic carbocycles. The first-order valence-electron chi connectivity index (χ1n) is 29.2. The van der Waals surface area contributed by atoms with Crippen LogP contribution >= 0.6 is 70.2 Å². The maximum Gasteiger partial charge on any atom is 0.416 e. The summed E-state index contributed by atoms with van der Waals surface area (Å²) in [5.74, 6) is 0. The highest BCUT2D eigenvalue weighted by Crippen LogP contribution is 2.40. The second-order valence-corrected chi connectivity index (χ2v) is 30.3. The minimum atomic E-state index is -0.570. The smallest absolute Gasteiger partial charge is 0.416 e. The van der Waals surface area contributed by atoms with E-state index in [-0.39, 0.29) is 61.2 Å². The molecule has 4 atom stereocenters. The number of likely N-dealkylation sites (tertiary alicyclic amines) is 3. The van der Waals surface area contributed by atoms with E-state index in [2.05, 4.69) is 42.8 Å². The maximum atomic E-state index is 12.6. The highest BCUT2D eigenvalue weighted by molar-refractivity contribution is 7.16. The van der Waals surface area contributed by atoms with Gasteiger partial charge in [0, 0.05) is 68.3 Å². The van der Waals surface area contributed by atoms with Crippen molar-refractivity contribution in [1.29, 1.82) is 0 Å². The molecule has 4 fully saturated rings. The first-order valence-corrected chi connectivity index (χ1v) is 32.6. The first kappa shape index (κ1) is 76.3. The first-order chi connectivity index (χ1) is 39.4. The molecule has 0 unspecified atom stereocenters. The third-order valence-corrected chi connectivity index (χ3v) is 16.9. The number of aryl methyl sites for hydroxylation is 2. The van der Waals surface area contributed by atoms with Gasteiger partial charge in [0.15, 0.2) is 20.5 Å². The Morgan fingerprint density at radius 3 is 1.31 bits per heavy atom. The van der Waals surface area contributed by atoms with Gasteiger partial charge in [-0.1, -0.05) is 0 Å². The fraction of sp³-hybridized carbons (Fsp3) is 0.712. The minimum Gasteiger partial charge on any atom is -0.444 e. The summed E-state index contributed by atoms with van der Waals surface area (Å²) in [6.07, 6.45) is 6.14. The number of nitrogens with zero attached hydrogens (tertiary/aromatic N) is 9. The van der Waals surface area contributed by atoms with E-state index in [1.165, 1.54) is 55.9 Å². The molecule has 4 aromatic rings. The molecule has 3 N–H and O–H groups in total. The number of hydrogen-bond acceptors (Lipinski definition) is 21. The molecule has 4 aliphatic heterocycles. The lowest BCUT2D eigenvalue weighted by Crippen LogP contribution is -2.36. The number of hydrogen-bond donors (Lipinski definition) is 3. The number of nitrogens with one attached hydrogen (secondary N) is 3. The Balaban J connectivity index is 0.000000310. The number of aromatic nitrogens is 4. The number of halogens is 2. The zero-order valence-electron chi connectivity index (χ0n) is 55.0. The molecule has 4 aromatic heterocycles. The second kappa shape index (κ2) is 32.1. The van der Waals surface area contributed by atoms with E-state index in [4.69, 9.17) is 23.7 Å². The summed E-state index contributed by atoms with van der Waals surface area (Å²) in [7, 11) is 7.06. The molecule has 0 saturated carbocycles. The van der Waals surface area contributed by atoms with Crippen molar-refractivity contribution in [3.63, 3.8) is 0 Å². The van der Waals surface area contributed by atoms with E-state index in [0.29, 0.717) is 29.4 Å². The monoisotopic (exact) mass is 1330 g/mol. The Labute approximate surface area is 544 Å². The Kier molecular flexibility index (Phi) is 28.2. The van der Waals surface area contributed by atoms with E-state index >= 15 is 0 Å². The topological polar surface area (TPSA) is 235 Å². The molecule has 8 heterocycles. The molecule has 28 heteroatoms. The van der Waals surface area contributed by atoms with Crippen molar-refractivity contribution in [3.8, 4) is 0 Å². The number of ether oxygens (including phenoxy) is 5. The van der Waals surface area contributed by atoms with Crippen LogP contribution in [-0.2, 0) is 23.7 Å². The van der Waals surface area contributed by atoms with Gasteiger partial charge < -0.3 is 39.6 Å². The number of anilines is 4. The van der Waals surface area contributed by atoms with Gasteiger partial charge in [-0.3, -0.25) is 24.5 Å². The van der Waals surface area contributed by atoms with Crippen LogP contribution in [0.2, 0.25) is 0 Å². The van der Waals surface area contributed by atoms with Gasteiger partial charge in [-0.25, -0.2) is 43.9 Å². The molecule has 87 heavy (non-hydrogen) atoms. The minimum absolute atomic E-state index is 0. The number of carbonyl (C=O) groups is 5. The Bertz CT molecular complexity index is 2860. The average molecular weight is 1330 g/mol. The summed E-state index contributed by atoms with van der Waals surface area (Å²) in [5, 5.41) is 16.5. The van der Waals surface area contributed by atoms with Gasteiger partial charge in [-0.15, -0.1) is 70.2 Å². The Morgan fingerprint density at radius 2 is 0.908 bits per heavy atom. The summed E-state index contributed by atoms with van der Waals surface area (Å²) in [5.41, 5.74) is 1.14. The molecular formula is C59H98Cl2N12O10S4. The van der Waals surface area contributed by atoms with Crippen LogP contribution in [0.25, 0.3) is 0 Å². The quantitative estimate of drug-likeness (QED) is 0.139. The lowest BCUT2D eigenvalue weighted by Gasteiger charge is -2.28. The van der Waals surface area contributed by atoms with Crippen LogP contribution in [0.3, 0.4) is 0 Å². The molecule has 4 saturated heterocycles. The third kappa shape index (κ3) is 23.4. The molecule has 0 bridgehead atoms. The molecule has 0 spiro atoms. The molecule has 0 radical (unpaired) electrons.